The molecule has 0 bridgehead atoms. The van der Waals surface area contributed by atoms with Gasteiger partial charge in [-0.1, -0.05) is 37.3 Å². The molecule has 8 heteroatoms. The molecule has 1 aromatic heterocycles. The van der Waals surface area contributed by atoms with Crippen LogP contribution < -0.4 is 15.6 Å². The Labute approximate surface area is 172 Å². The number of halogens is 2. The van der Waals surface area contributed by atoms with E-state index in [4.69, 9.17) is 0 Å². The van der Waals surface area contributed by atoms with Crippen molar-refractivity contribution in [2.24, 2.45) is 0 Å². The topological polar surface area (TPSA) is 73.2 Å². The first-order chi connectivity index (χ1) is 14.5. The standard InChI is InChI=1S/C22H21F2N3O3/c1-2-12-27-20(28)11-9-18(26-27)21(29)25-17-8-10-19(30-22(23)24)16(14-17)13-15-6-4-3-5-7-15/h3-11,14,22H,2,12-13H2,1H3,(H,25,29). The largest absolute Gasteiger partial charge is 0.435 e. The highest BCUT2D eigenvalue weighted by molar-refractivity contribution is 6.02. The fourth-order valence-electron chi connectivity index (χ4n) is 2.96. The first-order valence-electron chi connectivity index (χ1n) is 9.47. The summed E-state index contributed by atoms with van der Waals surface area (Å²) in [5.41, 5.74) is 1.62. The monoisotopic (exact) mass is 413 g/mol. The van der Waals surface area contributed by atoms with Gasteiger partial charge in [-0.15, -0.1) is 0 Å². The molecule has 0 fully saturated rings. The highest BCUT2D eigenvalue weighted by Gasteiger charge is 2.14. The minimum atomic E-state index is -2.95. The summed E-state index contributed by atoms with van der Waals surface area (Å²) in [6.07, 6.45) is 1.05. The van der Waals surface area contributed by atoms with Gasteiger partial charge < -0.3 is 10.1 Å². The van der Waals surface area contributed by atoms with Crippen LogP contribution in [-0.2, 0) is 13.0 Å². The third-order valence-electron chi connectivity index (χ3n) is 4.31. The summed E-state index contributed by atoms with van der Waals surface area (Å²) in [7, 11) is 0. The van der Waals surface area contributed by atoms with E-state index in [0.29, 0.717) is 30.6 Å². The lowest BCUT2D eigenvalue weighted by molar-refractivity contribution is -0.0503. The number of nitrogens with zero attached hydrogens (tertiary/aromatic N) is 2. The van der Waals surface area contributed by atoms with Gasteiger partial charge in [0.2, 0.25) is 0 Å². The van der Waals surface area contributed by atoms with E-state index in [9.17, 15) is 18.4 Å². The Hall–Kier alpha value is -3.55. The van der Waals surface area contributed by atoms with E-state index < -0.39 is 12.5 Å². The molecule has 30 heavy (non-hydrogen) atoms. The molecule has 3 aromatic rings. The van der Waals surface area contributed by atoms with Crippen LogP contribution in [0.2, 0.25) is 0 Å². The maximum absolute atomic E-state index is 12.8. The van der Waals surface area contributed by atoms with Crippen molar-refractivity contribution >= 4 is 11.6 Å². The van der Waals surface area contributed by atoms with E-state index in [1.165, 1.54) is 28.9 Å². The van der Waals surface area contributed by atoms with Gasteiger partial charge in [0.25, 0.3) is 11.5 Å². The molecule has 1 N–H and O–H groups in total. The van der Waals surface area contributed by atoms with Gasteiger partial charge in [0, 0.05) is 30.3 Å². The number of aryl methyl sites for hydroxylation is 1. The predicted molar refractivity (Wildman–Crippen MR) is 109 cm³/mol. The number of benzene rings is 2. The van der Waals surface area contributed by atoms with Crippen molar-refractivity contribution in [3.63, 3.8) is 0 Å². The minimum absolute atomic E-state index is 0.0430. The molecule has 3 rings (SSSR count). The van der Waals surface area contributed by atoms with Gasteiger partial charge in [-0.25, -0.2) is 4.68 Å². The van der Waals surface area contributed by atoms with Gasteiger partial charge in [0.15, 0.2) is 0 Å². The van der Waals surface area contributed by atoms with Gasteiger partial charge in [0.05, 0.1) is 0 Å². The van der Waals surface area contributed by atoms with Crippen LogP contribution in [0.15, 0.2) is 65.5 Å². The van der Waals surface area contributed by atoms with Crippen molar-refractivity contribution in [2.45, 2.75) is 32.9 Å². The van der Waals surface area contributed by atoms with Gasteiger partial charge in [-0.3, -0.25) is 9.59 Å². The molecule has 0 radical (unpaired) electrons. The molecule has 0 aliphatic heterocycles. The third kappa shape index (κ3) is 5.50. The van der Waals surface area contributed by atoms with Crippen molar-refractivity contribution in [2.75, 3.05) is 5.32 Å². The SMILES string of the molecule is CCCn1nc(C(=O)Nc2ccc(OC(F)F)c(Cc3ccccc3)c2)ccc1=O. The molecule has 0 aliphatic rings. The number of anilines is 1. The van der Waals surface area contributed by atoms with E-state index >= 15 is 0 Å². The number of hydrogen-bond acceptors (Lipinski definition) is 4. The molecule has 1 amide bonds. The minimum Gasteiger partial charge on any atom is -0.435 e. The first-order valence-corrected chi connectivity index (χ1v) is 9.47. The zero-order valence-corrected chi connectivity index (χ0v) is 16.3. The van der Waals surface area contributed by atoms with Crippen LogP contribution in [0.1, 0.15) is 35.0 Å². The third-order valence-corrected chi connectivity index (χ3v) is 4.31. The molecule has 156 valence electrons. The molecule has 0 saturated carbocycles. The second-order valence-corrected chi connectivity index (χ2v) is 6.60. The van der Waals surface area contributed by atoms with Crippen molar-refractivity contribution in [1.82, 2.24) is 9.78 Å². The fourth-order valence-corrected chi connectivity index (χ4v) is 2.96. The molecular formula is C22H21F2N3O3. The number of carbonyl (C=O) groups excluding carboxylic acids is 1. The molecule has 2 aromatic carbocycles. The van der Waals surface area contributed by atoms with Crippen molar-refractivity contribution in [3.05, 3.63) is 87.8 Å². The second kappa shape index (κ2) is 9.78. The molecule has 0 atom stereocenters. The Kier molecular flexibility index (Phi) is 6.90. The molecular weight excluding hydrogens is 392 g/mol. The van der Waals surface area contributed by atoms with Crippen molar-refractivity contribution < 1.29 is 18.3 Å². The average Bonchev–Trinajstić information content (AvgIpc) is 2.72. The summed E-state index contributed by atoms with van der Waals surface area (Å²) >= 11 is 0. The molecule has 0 unspecified atom stereocenters. The Bertz CT molecular complexity index is 1070. The number of carbonyl (C=O) groups is 1. The number of ether oxygens (including phenoxy) is 1. The van der Waals surface area contributed by atoms with Gasteiger partial charge in [0.1, 0.15) is 11.4 Å². The summed E-state index contributed by atoms with van der Waals surface area (Å²) in [6.45, 7) is -0.650. The Morgan fingerprint density at radius 2 is 1.90 bits per heavy atom. The van der Waals surface area contributed by atoms with Gasteiger partial charge >= 0.3 is 6.61 Å². The zero-order chi connectivity index (χ0) is 21.5. The lowest BCUT2D eigenvalue weighted by atomic mass is 10.0. The van der Waals surface area contributed by atoms with Crippen LogP contribution in [0.25, 0.3) is 0 Å². The van der Waals surface area contributed by atoms with E-state index in [2.05, 4.69) is 15.2 Å². The number of rotatable bonds is 8. The normalized spacial score (nSPS) is 10.8. The summed E-state index contributed by atoms with van der Waals surface area (Å²) in [6, 6.07) is 16.4. The smallest absolute Gasteiger partial charge is 0.387 e. The summed E-state index contributed by atoms with van der Waals surface area (Å²) < 4.78 is 31.4. The van der Waals surface area contributed by atoms with Crippen LogP contribution in [-0.4, -0.2) is 22.3 Å². The second-order valence-electron chi connectivity index (χ2n) is 6.60. The molecule has 6 nitrogen and oxygen atoms in total. The number of amides is 1. The summed E-state index contributed by atoms with van der Waals surface area (Å²) in [5.74, 6) is -0.463. The number of aromatic nitrogens is 2. The van der Waals surface area contributed by atoms with E-state index in [0.717, 1.165) is 5.56 Å². The Balaban J connectivity index is 1.85. The Morgan fingerprint density at radius 1 is 1.13 bits per heavy atom. The van der Waals surface area contributed by atoms with Gasteiger partial charge in [-0.05, 0) is 36.2 Å². The highest BCUT2D eigenvalue weighted by atomic mass is 19.3. The fraction of sp³-hybridized carbons (Fsp3) is 0.227. The number of alkyl halides is 2. The molecule has 0 spiro atoms. The average molecular weight is 413 g/mol. The number of hydrogen-bond donors (Lipinski definition) is 1. The lowest BCUT2D eigenvalue weighted by Gasteiger charge is -2.13. The maximum Gasteiger partial charge on any atom is 0.387 e. The van der Waals surface area contributed by atoms with Crippen molar-refractivity contribution in [1.29, 1.82) is 0 Å². The summed E-state index contributed by atoms with van der Waals surface area (Å²) in [5, 5.41) is 6.77. The molecule has 1 heterocycles. The maximum atomic E-state index is 12.8. The van der Waals surface area contributed by atoms with Crippen molar-refractivity contribution in [3.8, 4) is 5.75 Å². The van der Waals surface area contributed by atoms with Crippen LogP contribution in [0.4, 0.5) is 14.5 Å². The zero-order valence-electron chi connectivity index (χ0n) is 16.3. The molecule has 0 saturated heterocycles. The lowest BCUT2D eigenvalue weighted by Crippen LogP contribution is -2.26. The van der Waals surface area contributed by atoms with E-state index in [-0.39, 0.29) is 17.0 Å². The highest BCUT2D eigenvalue weighted by Crippen LogP contribution is 2.27. The van der Waals surface area contributed by atoms with Crippen LogP contribution >= 0.6 is 0 Å². The number of nitrogens with one attached hydrogen (secondary N) is 1. The van der Waals surface area contributed by atoms with Crippen LogP contribution in [0.3, 0.4) is 0 Å². The Morgan fingerprint density at radius 3 is 2.60 bits per heavy atom. The van der Waals surface area contributed by atoms with Gasteiger partial charge in [-0.2, -0.15) is 13.9 Å². The van der Waals surface area contributed by atoms with E-state index in [1.54, 1.807) is 6.07 Å². The predicted octanol–water partition coefficient (Wildman–Crippen LogP) is 4.10. The molecule has 0 aliphatic carbocycles. The quantitative estimate of drug-likeness (QED) is 0.604. The van der Waals surface area contributed by atoms with Crippen LogP contribution in [0.5, 0.6) is 5.75 Å². The first kappa shape index (κ1) is 21.2. The van der Waals surface area contributed by atoms with Crippen LogP contribution in [0, 0.1) is 0 Å². The summed E-state index contributed by atoms with van der Waals surface area (Å²) in [4.78, 5) is 24.4. The van der Waals surface area contributed by atoms with E-state index in [1.807, 2.05) is 37.3 Å².